The van der Waals surface area contributed by atoms with E-state index in [1.54, 1.807) is 0 Å². The van der Waals surface area contributed by atoms with Crippen LogP contribution in [0.25, 0.3) is 83.3 Å². The SMILES string of the molecule is CC(C)(C)c1ccc(-c2cnc(-n3c4[c-]c(Oc5[c-]c(N6[CH-]N(c7c(-c8ccc(C(C)(C)C)cc8)cccc7-c7cc(C(C)(C)C)cc(C(C)(C)C)c7)c7ccccc76)ccc5)ccc4c4c5c(ccc43)C3(c4ccccc4-c4ccccc43)c3ccccc3-5)cc2C(C)(C)C)cc1.[Pt]. The van der Waals surface area contributed by atoms with Crippen LogP contribution < -0.4 is 14.5 Å². The number of para-hydroxylation sites is 3. The number of ether oxygens (including phenoxy) is 1. The van der Waals surface area contributed by atoms with Crippen molar-refractivity contribution in [3.05, 3.63) is 306 Å². The predicted molar refractivity (Wildman–Crippen MR) is 410 cm³/mol. The Morgan fingerprint density at radius 2 is 0.889 bits per heavy atom. The van der Waals surface area contributed by atoms with Crippen LogP contribution in [0.15, 0.2) is 237 Å². The molecule has 0 fully saturated rings. The number of nitrogens with zero attached hydrogens (tertiary/aromatic N) is 4. The molecule has 2 aliphatic carbocycles. The average molecular weight is 1470 g/mol. The predicted octanol–water partition coefficient (Wildman–Crippen LogP) is 24.8. The van der Waals surface area contributed by atoms with E-state index < -0.39 is 5.41 Å². The third-order valence-electron chi connectivity index (χ3n) is 20.9. The van der Waals surface area contributed by atoms with E-state index in [4.69, 9.17) is 9.72 Å². The minimum Gasteiger partial charge on any atom is -0.509 e. The molecule has 13 aromatic rings. The first kappa shape index (κ1) is 65.4. The first-order valence-corrected chi connectivity index (χ1v) is 34.8. The summed E-state index contributed by atoms with van der Waals surface area (Å²) >= 11 is 0. The molecule has 0 atom stereocenters. The molecule has 0 unspecified atom stereocenters. The number of benzene rings is 11. The van der Waals surface area contributed by atoms with E-state index in [-0.39, 0.29) is 48.1 Å². The van der Waals surface area contributed by atoms with Crippen LogP contribution >= 0.6 is 0 Å². The Morgan fingerprint density at radius 1 is 0.394 bits per heavy atom. The number of anilines is 4. The van der Waals surface area contributed by atoms with Crippen molar-refractivity contribution in [1.29, 1.82) is 0 Å². The van der Waals surface area contributed by atoms with Gasteiger partial charge < -0.3 is 19.1 Å². The van der Waals surface area contributed by atoms with Crippen LogP contribution in [0.4, 0.5) is 22.7 Å². The molecule has 1 spiro atoms. The van der Waals surface area contributed by atoms with Gasteiger partial charge in [0.15, 0.2) is 0 Å². The number of fused-ring (bicyclic) bond motifs is 15. The van der Waals surface area contributed by atoms with Crippen molar-refractivity contribution in [2.75, 3.05) is 9.80 Å². The smallest absolute Gasteiger partial charge is 0.135 e. The first-order valence-electron chi connectivity index (χ1n) is 34.8. The van der Waals surface area contributed by atoms with Crippen LogP contribution in [0.2, 0.25) is 0 Å². The minimum absolute atomic E-state index is 0. The second-order valence-corrected chi connectivity index (χ2v) is 32.5. The second kappa shape index (κ2) is 23.6. The normalized spacial score (nSPS) is 13.9. The monoisotopic (exact) mass is 1470 g/mol. The fourth-order valence-electron chi connectivity index (χ4n) is 15.8. The summed E-state index contributed by atoms with van der Waals surface area (Å²) in [6.45, 7) is 36.7. The van der Waals surface area contributed by atoms with Crippen molar-refractivity contribution in [1.82, 2.24) is 9.55 Å². The minimum atomic E-state index is -0.514. The molecule has 496 valence electrons. The summed E-state index contributed by atoms with van der Waals surface area (Å²) in [7, 11) is 0. The standard InChI is InChI=1S/C93H85N4O.Pt/c1-88(2,3)61-42-38-58(39-43-61)68-31-25-32-69(60-50-63(90(7,8)9)52-64(51-60)91(10,11)12)87(68)96-57-95(80-36-22-23-37-81(80)96)65-26-24-27-66(53-65)98-67-46-47-73-83(54-67)97(84-55-79(92(13,14)15)74(56-94-84)59-40-44-62(45-41-59)89(4,5)6)82-49-48-78-85(86(73)82)72-30-18-21-35-77(72)93(78)75-33-19-16-28-70(75)71-29-17-20-34-76(71)93;/h16-52,55-57H,1-15H3;/q-3;. The molecule has 6 heteroatoms. The van der Waals surface area contributed by atoms with Gasteiger partial charge in [0, 0.05) is 78.0 Å². The van der Waals surface area contributed by atoms with Gasteiger partial charge in [-0.2, -0.15) is 12.1 Å². The number of aromatic nitrogens is 2. The molecule has 3 heterocycles. The van der Waals surface area contributed by atoms with Crippen LogP contribution in [-0.4, -0.2) is 9.55 Å². The third-order valence-corrected chi connectivity index (χ3v) is 20.9. The molecule has 5 nitrogen and oxygen atoms in total. The van der Waals surface area contributed by atoms with Crippen molar-refractivity contribution in [3.8, 4) is 73.0 Å². The first-order chi connectivity index (χ1) is 46.7. The van der Waals surface area contributed by atoms with Gasteiger partial charge in [0.2, 0.25) is 0 Å². The van der Waals surface area contributed by atoms with Crippen molar-refractivity contribution in [2.24, 2.45) is 0 Å². The van der Waals surface area contributed by atoms with Crippen molar-refractivity contribution in [2.45, 2.75) is 136 Å². The van der Waals surface area contributed by atoms with E-state index >= 15 is 0 Å². The number of hydrogen-bond donors (Lipinski definition) is 0. The zero-order valence-corrected chi connectivity index (χ0v) is 61.9. The Bertz CT molecular complexity index is 5280. The quantitative estimate of drug-likeness (QED) is 0.142. The Morgan fingerprint density at radius 3 is 1.46 bits per heavy atom. The topological polar surface area (TPSA) is 33.5 Å². The van der Waals surface area contributed by atoms with Crippen LogP contribution in [0.5, 0.6) is 11.5 Å². The summed E-state index contributed by atoms with van der Waals surface area (Å²) in [5, 5.41) is 2.24. The van der Waals surface area contributed by atoms with E-state index in [2.05, 4.69) is 368 Å². The summed E-state index contributed by atoms with van der Waals surface area (Å²) in [6.07, 6.45) is 2.09. The van der Waals surface area contributed by atoms with Gasteiger partial charge in [-0.05, 0) is 146 Å². The summed E-state index contributed by atoms with van der Waals surface area (Å²) in [5.41, 5.74) is 28.8. The molecule has 1 aliphatic heterocycles. The summed E-state index contributed by atoms with van der Waals surface area (Å²) in [6, 6.07) is 93.6. The van der Waals surface area contributed by atoms with Gasteiger partial charge in [0.1, 0.15) is 5.82 Å². The molecule has 0 N–H and O–H groups in total. The number of rotatable bonds is 8. The van der Waals surface area contributed by atoms with E-state index in [0.717, 1.165) is 78.2 Å². The second-order valence-electron chi connectivity index (χ2n) is 32.5. The van der Waals surface area contributed by atoms with Gasteiger partial charge in [-0.1, -0.05) is 285 Å². The van der Waals surface area contributed by atoms with Crippen LogP contribution in [0.3, 0.4) is 0 Å². The van der Waals surface area contributed by atoms with Crippen molar-refractivity contribution >= 4 is 44.6 Å². The van der Waals surface area contributed by atoms with Gasteiger partial charge in [-0.25, -0.2) is 4.98 Å². The van der Waals surface area contributed by atoms with E-state index in [1.807, 2.05) is 6.07 Å². The van der Waals surface area contributed by atoms with Gasteiger partial charge in [-0.3, -0.25) is 0 Å². The zero-order chi connectivity index (χ0) is 68.2. The Balaban J connectivity index is 0.00000798. The van der Waals surface area contributed by atoms with Gasteiger partial charge in [-0.15, -0.1) is 48.1 Å². The molecule has 3 aliphatic rings. The fraction of sp³-hybridized carbons (Fsp3) is 0.226. The Labute approximate surface area is 600 Å². The van der Waals surface area contributed by atoms with E-state index in [1.165, 1.54) is 77.9 Å². The zero-order valence-electron chi connectivity index (χ0n) is 59.6. The number of pyridine rings is 1. The molecule has 0 amide bonds. The van der Waals surface area contributed by atoms with Gasteiger partial charge >= 0.3 is 0 Å². The molecule has 0 bridgehead atoms. The summed E-state index contributed by atoms with van der Waals surface area (Å²) < 4.78 is 9.47. The Kier molecular flexibility index (Phi) is 15.6. The van der Waals surface area contributed by atoms with Crippen LogP contribution in [0.1, 0.15) is 154 Å². The van der Waals surface area contributed by atoms with Crippen LogP contribution in [-0.2, 0) is 53.6 Å². The molecule has 11 aromatic carbocycles. The van der Waals surface area contributed by atoms with Crippen molar-refractivity contribution in [3.63, 3.8) is 0 Å². The van der Waals surface area contributed by atoms with Gasteiger partial charge in [0.25, 0.3) is 0 Å². The molecular weight excluding hydrogens is 1380 g/mol. The maximum absolute atomic E-state index is 7.13. The summed E-state index contributed by atoms with van der Waals surface area (Å²) in [5.74, 6) is 1.97. The van der Waals surface area contributed by atoms with E-state index in [9.17, 15) is 0 Å². The third kappa shape index (κ3) is 10.8. The fourth-order valence-corrected chi connectivity index (χ4v) is 15.8. The van der Waals surface area contributed by atoms with Gasteiger partial charge in [0.05, 0.1) is 5.41 Å². The number of hydrogen-bond acceptors (Lipinski definition) is 4. The maximum atomic E-state index is 7.13. The van der Waals surface area contributed by atoms with Crippen LogP contribution in [0, 0.1) is 18.8 Å². The maximum Gasteiger partial charge on any atom is 0.135 e. The molecule has 16 rings (SSSR count). The van der Waals surface area contributed by atoms with E-state index in [0.29, 0.717) is 11.5 Å². The average Bonchev–Trinajstić information content (AvgIpc) is 1.50. The Hall–Kier alpha value is -9.54. The summed E-state index contributed by atoms with van der Waals surface area (Å²) in [4.78, 5) is 10.2. The largest absolute Gasteiger partial charge is 0.509 e. The molecule has 0 radical (unpaired) electrons. The molecule has 2 aromatic heterocycles. The molecule has 0 saturated heterocycles. The molecule has 0 saturated carbocycles. The van der Waals surface area contributed by atoms with Crippen molar-refractivity contribution < 1.29 is 25.8 Å². The molecular formula is C93H85N4OPt-3. The molecule has 99 heavy (non-hydrogen) atoms.